The quantitative estimate of drug-likeness (QED) is 0.834. The van der Waals surface area contributed by atoms with Gasteiger partial charge in [0.1, 0.15) is 0 Å². The largest absolute Gasteiger partial charge is 0.382 e. The fourth-order valence-electron chi connectivity index (χ4n) is 2.68. The van der Waals surface area contributed by atoms with Crippen LogP contribution in [-0.2, 0) is 0 Å². The van der Waals surface area contributed by atoms with Crippen LogP contribution in [0.2, 0.25) is 0 Å². The summed E-state index contributed by atoms with van der Waals surface area (Å²) in [5, 5.41) is 12.5. The Morgan fingerprint density at radius 1 is 1.35 bits per heavy atom. The summed E-state index contributed by atoms with van der Waals surface area (Å²) in [6.45, 7) is 4.40. The summed E-state index contributed by atoms with van der Waals surface area (Å²) in [7, 11) is 0. The van der Waals surface area contributed by atoms with Gasteiger partial charge in [0.25, 0.3) is 0 Å². The van der Waals surface area contributed by atoms with Crippen molar-refractivity contribution in [2.75, 3.05) is 5.32 Å². The molecule has 1 fully saturated rings. The van der Waals surface area contributed by atoms with Crippen molar-refractivity contribution >= 4 is 5.69 Å². The first-order valence-corrected chi connectivity index (χ1v) is 6.46. The summed E-state index contributed by atoms with van der Waals surface area (Å²) < 4.78 is 0. The molecule has 1 aliphatic carbocycles. The number of anilines is 1. The molecule has 1 saturated carbocycles. The van der Waals surface area contributed by atoms with Crippen LogP contribution in [-0.4, -0.2) is 6.04 Å². The van der Waals surface area contributed by atoms with Crippen LogP contribution in [0.5, 0.6) is 0 Å². The Balaban J connectivity index is 2.06. The van der Waals surface area contributed by atoms with Crippen molar-refractivity contribution in [3.05, 3.63) is 29.3 Å². The highest BCUT2D eigenvalue weighted by molar-refractivity contribution is 5.54. The van der Waals surface area contributed by atoms with Crippen molar-refractivity contribution in [2.24, 2.45) is 5.92 Å². The number of benzene rings is 1. The molecule has 17 heavy (non-hydrogen) atoms. The molecular formula is C15H20N2. The molecule has 2 unspecified atom stereocenters. The first-order valence-electron chi connectivity index (χ1n) is 6.46. The van der Waals surface area contributed by atoms with Gasteiger partial charge in [-0.2, -0.15) is 5.26 Å². The van der Waals surface area contributed by atoms with Crippen molar-refractivity contribution < 1.29 is 0 Å². The van der Waals surface area contributed by atoms with Gasteiger partial charge >= 0.3 is 0 Å². The molecule has 90 valence electrons. The molecule has 0 amide bonds. The average molecular weight is 228 g/mol. The van der Waals surface area contributed by atoms with Crippen molar-refractivity contribution in [2.45, 2.75) is 45.6 Å². The lowest BCUT2D eigenvalue weighted by molar-refractivity contribution is 0.358. The smallest absolute Gasteiger partial charge is 0.0991 e. The Morgan fingerprint density at radius 2 is 2.18 bits per heavy atom. The number of nitrogens with one attached hydrogen (secondary N) is 1. The molecule has 1 aromatic rings. The molecule has 0 heterocycles. The van der Waals surface area contributed by atoms with Gasteiger partial charge in [-0.3, -0.25) is 0 Å². The summed E-state index contributed by atoms with van der Waals surface area (Å²) in [5.74, 6) is 0.833. The van der Waals surface area contributed by atoms with Crippen LogP contribution in [0.1, 0.15) is 43.7 Å². The predicted molar refractivity (Wildman–Crippen MR) is 70.9 cm³/mol. The van der Waals surface area contributed by atoms with E-state index in [1.807, 2.05) is 18.2 Å². The van der Waals surface area contributed by atoms with Crippen LogP contribution in [0.3, 0.4) is 0 Å². The maximum absolute atomic E-state index is 8.84. The summed E-state index contributed by atoms with van der Waals surface area (Å²) in [5.41, 5.74) is 3.09. The minimum Gasteiger partial charge on any atom is -0.382 e. The maximum atomic E-state index is 8.84. The highest BCUT2D eigenvalue weighted by atomic mass is 14.9. The van der Waals surface area contributed by atoms with E-state index in [4.69, 9.17) is 5.26 Å². The second-order valence-corrected chi connectivity index (χ2v) is 5.25. The third-order valence-electron chi connectivity index (χ3n) is 3.65. The molecule has 0 spiro atoms. The number of hydrogen-bond donors (Lipinski definition) is 1. The number of hydrogen-bond acceptors (Lipinski definition) is 2. The van der Waals surface area contributed by atoms with E-state index in [0.717, 1.165) is 11.5 Å². The van der Waals surface area contributed by atoms with Crippen molar-refractivity contribution in [3.63, 3.8) is 0 Å². The third-order valence-corrected chi connectivity index (χ3v) is 3.65. The molecule has 1 aromatic carbocycles. The lowest BCUT2D eigenvalue weighted by Gasteiger charge is -2.28. The van der Waals surface area contributed by atoms with Crippen molar-refractivity contribution in [1.82, 2.24) is 0 Å². The third kappa shape index (κ3) is 3.00. The Labute approximate surface area is 104 Å². The molecule has 0 bridgehead atoms. The van der Waals surface area contributed by atoms with Crippen LogP contribution >= 0.6 is 0 Å². The van der Waals surface area contributed by atoms with Gasteiger partial charge in [0.2, 0.25) is 0 Å². The highest BCUT2D eigenvalue weighted by Crippen LogP contribution is 2.27. The fourth-order valence-corrected chi connectivity index (χ4v) is 2.68. The molecule has 0 saturated heterocycles. The van der Waals surface area contributed by atoms with Crippen LogP contribution in [0.15, 0.2) is 18.2 Å². The van der Waals surface area contributed by atoms with E-state index in [1.165, 1.54) is 36.9 Å². The highest BCUT2D eigenvalue weighted by Gasteiger charge is 2.18. The second-order valence-electron chi connectivity index (χ2n) is 5.25. The minimum atomic E-state index is 0.602. The first-order chi connectivity index (χ1) is 8.19. The maximum Gasteiger partial charge on any atom is 0.0991 e. The van der Waals surface area contributed by atoms with Crippen molar-refractivity contribution in [3.8, 4) is 6.07 Å². The molecule has 2 atom stereocenters. The Hall–Kier alpha value is -1.49. The number of nitriles is 1. The first kappa shape index (κ1) is 12.0. The van der Waals surface area contributed by atoms with Gasteiger partial charge in [0.15, 0.2) is 0 Å². The van der Waals surface area contributed by atoms with Gasteiger partial charge in [-0.1, -0.05) is 19.8 Å². The van der Waals surface area contributed by atoms with E-state index in [1.54, 1.807) is 0 Å². The molecule has 0 aliphatic heterocycles. The van der Waals surface area contributed by atoms with E-state index in [9.17, 15) is 0 Å². The second kappa shape index (κ2) is 5.23. The normalized spacial score (nSPS) is 24.1. The molecular weight excluding hydrogens is 208 g/mol. The standard InChI is InChI=1S/C15H20N2/c1-11-4-3-5-14(8-11)17-15-7-6-13(10-16)9-12(15)2/h6-7,9,11,14,17H,3-5,8H2,1-2H3. The van der Waals surface area contributed by atoms with Gasteiger partial charge in [0, 0.05) is 11.7 Å². The van der Waals surface area contributed by atoms with Crippen LogP contribution in [0, 0.1) is 24.2 Å². The lowest BCUT2D eigenvalue weighted by atomic mass is 9.87. The van der Waals surface area contributed by atoms with E-state index in [0.29, 0.717) is 6.04 Å². The molecule has 1 aliphatic rings. The van der Waals surface area contributed by atoms with Gasteiger partial charge in [0.05, 0.1) is 11.6 Å². The van der Waals surface area contributed by atoms with Gasteiger partial charge in [-0.25, -0.2) is 0 Å². The van der Waals surface area contributed by atoms with E-state index in [-0.39, 0.29) is 0 Å². The minimum absolute atomic E-state index is 0.602. The Bertz CT molecular complexity index is 431. The zero-order valence-corrected chi connectivity index (χ0v) is 10.7. The molecule has 1 N–H and O–H groups in total. The van der Waals surface area contributed by atoms with Crippen LogP contribution in [0.25, 0.3) is 0 Å². The number of aryl methyl sites for hydroxylation is 1. The predicted octanol–water partition coefficient (Wildman–Crippen LogP) is 3.86. The van der Waals surface area contributed by atoms with Crippen LogP contribution < -0.4 is 5.32 Å². The summed E-state index contributed by atoms with van der Waals surface area (Å²) in [6, 6.07) is 8.66. The molecule has 2 nitrogen and oxygen atoms in total. The zero-order valence-electron chi connectivity index (χ0n) is 10.7. The van der Waals surface area contributed by atoms with Crippen LogP contribution in [0.4, 0.5) is 5.69 Å². The average Bonchev–Trinajstić information content (AvgIpc) is 2.32. The fraction of sp³-hybridized carbons (Fsp3) is 0.533. The summed E-state index contributed by atoms with van der Waals surface area (Å²) >= 11 is 0. The van der Waals surface area contributed by atoms with E-state index >= 15 is 0 Å². The van der Waals surface area contributed by atoms with Gasteiger partial charge < -0.3 is 5.32 Å². The van der Waals surface area contributed by atoms with Gasteiger partial charge in [-0.05, 0) is 49.4 Å². The number of rotatable bonds is 2. The SMILES string of the molecule is Cc1cc(C#N)ccc1NC1CCCC(C)C1. The van der Waals surface area contributed by atoms with Crippen molar-refractivity contribution in [1.29, 1.82) is 5.26 Å². The molecule has 2 heteroatoms. The summed E-state index contributed by atoms with van der Waals surface area (Å²) in [4.78, 5) is 0. The Morgan fingerprint density at radius 3 is 2.82 bits per heavy atom. The monoisotopic (exact) mass is 228 g/mol. The number of nitrogens with zero attached hydrogens (tertiary/aromatic N) is 1. The molecule has 0 aromatic heterocycles. The molecule has 2 rings (SSSR count). The molecule has 0 radical (unpaired) electrons. The Kier molecular flexibility index (Phi) is 3.68. The summed E-state index contributed by atoms with van der Waals surface area (Å²) in [6.07, 6.45) is 5.22. The van der Waals surface area contributed by atoms with E-state index in [2.05, 4.69) is 25.2 Å². The van der Waals surface area contributed by atoms with E-state index < -0.39 is 0 Å². The van der Waals surface area contributed by atoms with Gasteiger partial charge in [-0.15, -0.1) is 0 Å². The zero-order chi connectivity index (χ0) is 12.3. The lowest BCUT2D eigenvalue weighted by Crippen LogP contribution is -2.26. The topological polar surface area (TPSA) is 35.8 Å².